The molecule has 2 heterocycles. The average molecular weight is 437 g/mol. The van der Waals surface area contributed by atoms with Crippen LogP contribution in [0.1, 0.15) is 30.4 Å². The molecular weight excluding hydrogens is 402 g/mol. The van der Waals surface area contributed by atoms with Gasteiger partial charge in [0.1, 0.15) is 7.05 Å². The molecule has 1 aliphatic heterocycles. The van der Waals surface area contributed by atoms with Crippen molar-refractivity contribution in [2.75, 3.05) is 0 Å². The summed E-state index contributed by atoms with van der Waals surface area (Å²) in [4.78, 5) is 0. The molecule has 0 atom stereocenters. The van der Waals surface area contributed by atoms with Gasteiger partial charge in [-0.3, -0.25) is 0 Å². The Hall–Kier alpha value is -2.71. The van der Waals surface area contributed by atoms with Gasteiger partial charge in [0.15, 0.2) is 6.20 Å². The zero-order valence-corrected chi connectivity index (χ0v) is 20.9. The van der Waals surface area contributed by atoms with Crippen LogP contribution < -0.4 is 9.75 Å². The summed E-state index contributed by atoms with van der Waals surface area (Å²) < 4.78 is 2.30. The van der Waals surface area contributed by atoms with Crippen LogP contribution in [0.2, 0.25) is 18.6 Å². The number of benzene rings is 3. The highest BCUT2D eigenvalue weighted by Gasteiger charge is 2.31. The van der Waals surface area contributed by atoms with Gasteiger partial charge in [0.2, 0.25) is 5.69 Å². The first kappa shape index (κ1) is 21.1. The zero-order chi connectivity index (χ0) is 22.3. The van der Waals surface area contributed by atoms with Crippen LogP contribution in [-0.4, -0.2) is 8.07 Å². The standard InChI is InChI=1S/C30H34NSi/c1-22-19-26(24-11-7-5-8-12-24)21-29(23(22)2)30-28-14-13-27(20-25(28)15-16-31(30)3)32(4)17-9-6-10-18-32/h5,7-8,11-16,19-21H,6,9-10,17-18H2,1-4H3/q+1. The van der Waals surface area contributed by atoms with Crippen molar-refractivity contribution in [3.63, 3.8) is 0 Å². The molecule has 1 aliphatic rings. The van der Waals surface area contributed by atoms with E-state index in [9.17, 15) is 0 Å². The normalized spacial score (nSPS) is 15.8. The third-order valence-electron chi connectivity index (χ3n) is 7.82. The molecule has 162 valence electrons. The van der Waals surface area contributed by atoms with Crippen molar-refractivity contribution in [2.24, 2.45) is 7.05 Å². The van der Waals surface area contributed by atoms with Gasteiger partial charge in [0.25, 0.3) is 0 Å². The maximum Gasteiger partial charge on any atom is 0.220 e. The Kier molecular flexibility index (Phi) is 5.50. The first-order chi connectivity index (χ1) is 15.5. The highest BCUT2D eigenvalue weighted by Crippen LogP contribution is 2.34. The molecule has 0 radical (unpaired) electrons. The van der Waals surface area contributed by atoms with Crippen molar-refractivity contribution in [3.8, 4) is 22.4 Å². The van der Waals surface area contributed by atoms with Crippen LogP contribution in [0, 0.1) is 13.8 Å². The molecule has 0 aliphatic carbocycles. The number of hydrogen-bond acceptors (Lipinski definition) is 0. The van der Waals surface area contributed by atoms with Crippen molar-refractivity contribution in [1.29, 1.82) is 0 Å². The SMILES string of the molecule is Cc1cc(-c2ccccc2)cc(-c2c3ccc([Si]4(C)CCCCC4)cc3cc[n+]2C)c1C. The van der Waals surface area contributed by atoms with Crippen LogP contribution in [0.5, 0.6) is 0 Å². The van der Waals surface area contributed by atoms with Crippen molar-refractivity contribution in [3.05, 3.63) is 84.1 Å². The second-order valence-corrected chi connectivity index (χ2v) is 14.7. The van der Waals surface area contributed by atoms with Crippen molar-refractivity contribution >= 4 is 24.0 Å². The number of fused-ring (bicyclic) bond motifs is 1. The summed E-state index contributed by atoms with van der Waals surface area (Å²) in [6.07, 6.45) is 6.50. The summed E-state index contributed by atoms with van der Waals surface area (Å²) in [5.74, 6) is 0. The molecule has 3 aromatic carbocycles. The Morgan fingerprint density at radius 3 is 2.28 bits per heavy atom. The van der Waals surface area contributed by atoms with Crippen molar-refractivity contribution in [1.82, 2.24) is 0 Å². The fourth-order valence-electron chi connectivity index (χ4n) is 5.61. The molecule has 1 saturated heterocycles. The summed E-state index contributed by atoms with van der Waals surface area (Å²) >= 11 is 0. The Balaban J connectivity index is 1.69. The van der Waals surface area contributed by atoms with Gasteiger partial charge in [0, 0.05) is 6.07 Å². The number of nitrogens with zero attached hydrogens (tertiary/aromatic N) is 1. The van der Waals surface area contributed by atoms with Gasteiger partial charge < -0.3 is 0 Å². The first-order valence-corrected chi connectivity index (χ1v) is 15.0. The number of rotatable bonds is 3. The summed E-state index contributed by atoms with van der Waals surface area (Å²) in [7, 11) is 0.864. The van der Waals surface area contributed by atoms with Crippen LogP contribution in [0.3, 0.4) is 0 Å². The molecule has 1 nitrogen and oxygen atoms in total. The molecule has 1 fully saturated rings. The van der Waals surface area contributed by atoms with E-state index in [1.54, 1.807) is 5.19 Å². The van der Waals surface area contributed by atoms with Gasteiger partial charge in [-0.2, -0.15) is 0 Å². The van der Waals surface area contributed by atoms with E-state index in [1.165, 1.54) is 75.6 Å². The van der Waals surface area contributed by atoms with E-state index in [-0.39, 0.29) is 0 Å². The minimum atomic E-state index is -1.32. The predicted molar refractivity (Wildman–Crippen MR) is 140 cm³/mol. The van der Waals surface area contributed by atoms with Crippen molar-refractivity contribution in [2.45, 2.75) is 51.7 Å². The monoisotopic (exact) mass is 436 g/mol. The van der Waals surface area contributed by atoms with Crippen LogP contribution in [-0.2, 0) is 7.05 Å². The largest absolute Gasteiger partial charge is 0.220 e. The lowest BCUT2D eigenvalue weighted by Gasteiger charge is -2.32. The van der Waals surface area contributed by atoms with Gasteiger partial charge in [-0.1, -0.05) is 91.6 Å². The highest BCUT2D eigenvalue weighted by molar-refractivity contribution is 6.91. The topological polar surface area (TPSA) is 3.88 Å². The fourth-order valence-corrected chi connectivity index (χ4v) is 9.48. The van der Waals surface area contributed by atoms with E-state index in [1.807, 2.05) is 0 Å². The fraction of sp³-hybridized carbons (Fsp3) is 0.300. The first-order valence-electron chi connectivity index (χ1n) is 12.1. The quantitative estimate of drug-likeness (QED) is 0.238. The predicted octanol–water partition coefficient (Wildman–Crippen LogP) is 7.08. The molecule has 0 N–H and O–H groups in total. The van der Waals surface area contributed by atoms with E-state index in [0.29, 0.717) is 0 Å². The summed E-state index contributed by atoms with van der Waals surface area (Å²) in [5, 5.41) is 4.40. The van der Waals surface area contributed by atoms with Gasteiger partial charge in [-0.05, 0) is 53.6 Å². The Morgan fingerprint density at radius 1 is 0.781 bits per heavy atom. The van der Waals surface area contributed by atoms with Gasteiger partial charge in [-0.25, -0.2) is 4.57 Å². The van der Waals surface area contributed by atoms with E-state index in [0.717, 1.165) is 0 Å². The molecule has 4 aromatic rings. The minimum Gasteiger partial charge on any atom is -0.200 e. The molecule has 0 amide bonds. The molecule has 0 spiro atoms. The van der Waals surface area contributed by atoms with E-state index < -0.39 is 8.07 Å². The third-order valence-corrected chi connectivity index (χ3v) is 12.4. The van der Waals surface area contributed by atoms with Crippen LogP contribution in [0.4, 0.5) is 0 Å². The molecule has 0 bridgehead atoms. The summed E-state index contributed by atoms with van der Waals surface area (Å²) in [6, 6.07) is 28.1. The van der Waals surface area contributed by atoms with Gasteiger partial charge >= 0.3 is 0 Å². The summed E-state index contributed by atoms with van der Waals surface area (Å²) in [5.41, 5.74) is 7.94. The van der Waals surface area contributed by atoms with Crippen LogP contribution >= 0.6 is 0 Å². The number of pyridine rings is 1. The molecule has 32 heavy (non-hydrogen) atoms. The smallest absolute Gasteiger partial charge is 0.200 e. The lowest BCUT2D eigenvalue weighted by atomic mass is 9.92. The second-order valence-electron chi connectivity index (χ2n) is 10.0. The lowest BCUT2D eigenvalue weighted by molar-refractivity contribution is -0.659. The van der Waals surface area contributed by atoms with Gasteiger partial charge in [0.05, 0.1) is 19.0 Å². The number of aromatic nitrogens is 1. The minimum absolute atomic E-state index is 1.28. The summed E-state index contributed by atoms with van der Waals surface area (Å²) in [6.45, 7) is 7.11. The highest BCUT2D eigenvalue weighted by atomic mass is 28.3. The molecular formula is C30H34NSi+. The average Bonchev–Trinajstić information content (AvgIpc) is 2.82. The number of hydrogen-bond donors (Lipinski definition) is 0. The Bertz CT molecular complexity index is 1280. The Labute approximate surface area is 193 Å². The molecule has 1 aromatic heterocycles. The maximum absolute atomic E-state index is 2.61. The van der Waals surface area contributed by atoms with E-state index in [2.05, 4.69) is 105 Å². The Morgan fingerprint density at radius 2 is 1.53 bits per heavy atom. The number of aryl methyl sites for hydroxylation is 2. The molecule has 5 rings (SSSR count). The van der Waals surface area contributed by atoms with Crippen LogP contribution in [0.25, 0.3) is 33.2 Å². The second kappa shape index (κ2) is 8.33. The third kappa shape index (κ3) is 3.71. The molecule has 0 unspecified atom stereocenters. The zero-order valence-electron chi connectivity index (χ0n) is 19.9. The van der Waals surface area contributed by atoms with Crippen LogP contribution in [0.15, 0.2) is 72.9 Å². The van der Waals surface area contributed by atoms with Crippen molar-refractivity contribution < 1.29 is 4.57 Å². The molecule has 0 saturated carbocycles. The van der Waals surface area contributed by atoms with E-state index in [4.69, 9.17) is 0 Å². The molecule has 2 heteroatoms. The van der Waals surface area contributed by atoms with E-state index >= 15 is 0 Å². The van der Waals surface area contributed by atoms with Gasteiger partial charge in [-0.15, -0.1) is 0 Å². The maximum atomic E-state index is 2.61. The lowest BCUT2D eigenvalue weighted by Crippen LogP contribution is -2.45.